The molecule has 37 heavy (non-hydrogen) atoms. The van der Waals surface area contributed by atoms with Crippen molar-refractivity contribution >= 4 is 46.3 Å². The van der Waals surface area contributed by atoms with Gasteiger partial charge in [0.1, 0.15) is 17.3 Å². The summed E-state index contributed by atoms with van der Waals surface area (Å²) < 4.78 is 16.3. The maximum absolute atomic E-state index is 13.4. The molecule has 1 heterocycles. The van der Waals surface area contributed by atoms with Crippen LogP contribution in [-0.4, -0.2) is 37.1 Å². The molecule has 0 aliphatic carbocycles. The molecule has 3 aromatic carbocycles. The number of aliphatic hydroxyl groups is 1. The van der Waals surface area contributed by atoms with E-state index in [0.717, 1.165) is 0 Å². The number of halogens is 2. The Balaban J connectivity index is 1.92. The first-order valence-corrected chi connectivity index (χ1v) is 12.4. The van der Waals surface area contributed by atoms with Crippen molar-refractivity contribution in [3.05, 3.63) is 87.4 Å². The van der Waals surface area contributed by atoms with E-state index in [9.17, 15) is 14.7 Å². The number of carbonyl (C=O) groups is 2. The minimum atomic E-state index is -0.946. The molecule has 1 saturated heterocycles. The molecule has 9 heteroatoms. The molecule has 1 aliphatic heterocycles. The fourth-order valence-corrected chi connectivity index (χ4v) is 4.91. The molecule has 192 valence electrons. The number of ketones is 1. The number of carbonyl (C=O) groups excluding carboxylic acids is 2. The van der Waals surface area contributed by atoms with Crippen molar-refractivity contribution < 1.29 is 28.9 Å². The number of amides is 1. The average Bonchev–Trinajstić information content (AvgIpc) is 3.15. The summed E-state index contributed by atoms with van der Waals surface area (Å²) in [4.78, 5) is 28.1. The van der Waals surface area contributed by atoms with Crippen molar-refractivity contribution in [1.82, 2.24) is 0 Å². The van der Waals surface area contributed by atoms with Crippen LogP contribution in [0.15, 0.2) is 66.2 Å². The Labute approximate surface area is 224 Å². The molecule has 3 aromatic rings. The summed E-state index contributed by atoms with van der Waals surface area (Å²) in [5.74, 6) is -0.627. The van der Waals surface area contributed by atoms with Gasteiger partial charge in [-0.25, -0.2) is 0 Å². The van der Waals surface area contributed by atoms with Crippen LogP contribution in [0.5, 0.6) is 17.2 Å². The van der Waals surface area contributed by atoms with Gasteiger partial charge in [0, 0.05) is 11.3 Å². The zero-order chi connectivity index (χ0) is 26.7. The number of hydrogen-bond acceptors (Lipinski definition) is 6. The molecule has 0 aromatic heterocycles. The van der Waals surface area contributed by atoms with Crippen LogP contribution in [0.3, 0.4) is 0 Å². The van der Waals surface area contributed by atoms with E-state index >= 15 is 0 Å². The van der Waals surface area contributed by atoms with Gasteiger partial charge in [0.2, 0.25) is 0 Å². The van der Waals surface area contributed by atoms with E-state index in [4.69, 9.17) is 37.4 Å². The Kier molecular flexibility index (Phi) is 7.95. The largest absolute Gasteiger partial charge is 0.507 e. The summed E-state index contributed by atoms with van der Waals surface area (Å²) in [6, 6.07) is 15.8. The zero-order valence-corrected chi connectivity index (χ0v) is 22.0. The second kappa shape index (κ2) is 11.2. The van der Waals surface area contributed by atoms with Crippen molar-refractivity contribution in [2.24, 2.45) is 0 Å². The highest BCUT2D eigenvalue weighted by molar-refractivity contribution is 6.51. The van der Waals surface area contributed by atoms with Crippen molar-refractivity contribution in [1.29, 1.82) is 0 Å². The number of nitrogens with zero attached hydrogens (tertiary/aromatic N) is 1. The minimum absolute atomic E-state index is 0.107. The fraction of sp³-hybridized carbons (Fsp3) is 0.214. The van der Waals surface area contributed by atoms with Crippen LogP contribution in [0.4, 0.5) is 5.69 Å². The maximum atomic E-state index is 13.4. The highest BCUT2D eigenvalue weighted by Gasteiger charge is 2.47. The van der Waals surface area contributed by atoms with E-state index in [2.05, 4.69) is 0 Å². The first kappa shape index (κ1) is 26.4. The molecule has 0 radical (unpaired) electrons. The number of hydrogen-bond donors (Lipinski definition) is 1. The number of ether oxygens (including phenoxy) is 3. The van der Waals surface area contributed by atoms with E-state index in [1.165, 1.54) is 24.1 Å². The monoisotopic (exact) mass is 541 g/mol. The fourth-order valence-electron chi connectivity index (χ4n) is 4.27. The lowest BCUT2D eigenvalue weighted by atomic mass is 9.95. The number of rotatable bonds is 8. The van der Waals surface area contributed by atoms with Gasteiger partial charge >= 0.3 is 0 Å². The molecule has 7 nitrogen and oxygen atoms in total. The summed E-state index contributed by atoms with van der Waals surface area (Å²) in [5.41, 5.74) is 1.10. The molecular weight excluding hydrogens is 517 g/mol. The molecule has 1 aliphatic rings. The molecule has 0 spiro atoms. The molecular formula is C28H25Cl2NO6. The summed E-state index contributed by atoms with van der Waals surface area (Å²) in [7, 11) is 1.42. The molecule has 1 N–H and O–H groups in total. The normalized spacial score (nSPS) is 16.7. The molecule has 1 atom stereocenters. The van der Waals surface area contributed by atoms with Gasteiger partial charge in [-0.2, -0.15) is 0 Å². The Morgan fingerprint density at radius 3 is 2.14 bits per heavy atom. The van der Waals surface area contributed by atoms with Gasteiger partial charge in [-0.15, -0.1) is 0 Å². The molecule has 0 bridgehead atoms. The number of methoxy groups -OCH3 is 1. The Morgan fingerprint density at radius 2 is 1.54 bits per heavy atom. The van der Waals surface area contributed by atoms with E-state index in [-0.39, 0.29) is 26.9 Å². The van der Waals surface area contributed by atoms with Crippen molar-refractivity contribution in [3.63, 3.8) is 0 Å². The predicted molar refractivity (Wildman–Crippen MR) is 143 cm³/mol. The van der Waals surface area contributed by atoms with Gasteiger partial charge in [0.25, 0.3) is 11.7 Å². The molecule has 0 saturated carbocycles. The van der Waals surface area contributed by atoms with Gasteiger partial charge in [-0.3, -0.25) is 14.5 Å². The van der Waals surface area contributed by atoms with Crippen LogP contribution in [0.25, 0.3) is 5.76 Å². The lowest BCUT2D eigenvalue weighted by molar-refractivity contribution is -0.132. The maximum Gasteiger partial charge on any atom is 0.300 e. The van der Waals surface area contributed by atoms with E-state index in [1.54, 1.807) is 48.5 Å². The molecule has 1 amide bonds. The number of Topliss-reactive ketones (excluding diaryl/α,β-unsaturated/α-hetero) is 1. The third-order valence-corrected chi connectivity index (χ3v) is 6.39. The quantitative estimate of drug-likeness (QED) is 0.201. The molecule has 4 rings (SSSR count). The minimum Gasteiger partial charge on any atom is -0.507 e. The topological polar surface area (TPSA) is 85.3 Å². The second-order valence-electron chi connectivity index (χ2n) is 8.07. The first-order valence-electron chi connectivity index (χ1n) is 11.6. The summed E-state index contributed by atoms with van der Waals surface area (Å²) in [6.07, 6.45) is 0. The number of anilines is 1. The van der Waals surface area contributed by atoms with Gasteiger partial charge in [0.15, 0.2) is 5.75 Å². The third-order valence-electron chi connectivity index (χ3n) is 5.83. The Morgan fingerprint density at radius 1 is 0.919 bits per heavy atom. The molecule has 1 unspecified atom stereocenters. The van der Waals surface area contributed by atoms with E-state index < -0.39 is 23.5 Å². The van der Waals surface area contributed by atoms with Crippen LogP contribution in [-0.2, 0) is 9.59 Å². The highest BCUT2D eigenvalue weighted by atomic mass is 35.5. The summed E-state index contributed by atoms with van der Waals surface area (Å²) in [6.45, 7) is 4.65. The van der Waals surface area contributed by atoms with Gasteiger partial charge in [-0.1, -0.05) is 35.3 Å². The second-order valence-corrected chi connectivity index (χ2v) is 8.89. The predicted octanol–water partition coefficient (Wildman–Crippen LogP) is 6.43. The highest BCUT2D eigenvalue weighted by Crippen LogP contribution is 2.44. The summed E-state index contributed by atoms with van der Waals surface area (Å²) in [5, 5.41) is 11.7. The lowest BCUT2D eigenvalue weighted by Gasteiger charge is -2.26. The van der Waals surface area contributed by atoms with Gasteiger partial charge < -0.3 is 19.3 Å². The van der Waals surface area contributed by atoms with Crippen molar-refractivity contribution in [2.75, 3.05) is 25.2 Å². The summed E-state index contributed by atoms with van der Waals surface area (Å²) >= 11 is 12.6. The third kappa shape index (κ3) is 5.10. The number of benzene rings is 3. The Hall–Kier alpha value is -3.68. The Bertz CT molecular complexity index is 1350. The van der Waals surface area contributed by atoms with Crippen molar-refractivity contribution in [2.45, 2.75) is 19.9 Å². The lowest BCUT2D eigenvalue weighted by Crippen LogP contribution is -2.29. The van der Waals surface area contributed by atoms with Crippen LogP contribution < -0.4 is 19.1 Å². The van der Waals surface area contributed by atoms with Gasteiger partial charge in [-0.05, 0) is 67.9 Å². The first-order chi connectivity index (χ1) is 17.8. The standard InChI is InChI=1S/C28H25Cl2NO6/c1-4-36-19-11-9-18(10-12-19)31-24(16-7-6-8-20(13-16)37-5-2)23(26(33)28(31)34)25(32)17-14-21(29)27(35-3)22(30)15-17/h6-15,24,32H,4-5H2,1-3H3/b25-23+. The average molecular weight is 542 g/mol. The van der Waals surface area contributed by atoms with Crippen LogP contribution >= 0.6 is 23.2 Å². The van der Waals surface area contributed by atoms with E-state index in [0.29, 0.717) is 36.0 Å². The zero-order valence-electron chi connectivity index (χ0n) is 20.5. The SMILES string of the molecule is CCOc1ccc(N2C(=O)C(=O)/C(=C(/O)c3cc(Cl)c(OC)c(Cl)c3)C2c2cccc(OCC)c2)cc1. The van der Waals surface area contributed by atoms with Crippen LogP contribution in [0.1, 0.15) is 31.0 Å². The smallest absolute Gasteiger partial charge is 0.300 e. The van der Waals surface area contributed by atoms with Gasteiger partial charge in [0.05, 0.1) is 42.0 Å². The van der Waals surface area contributed by atoms with Crippen LogP contribution in [0, 0.1) is 0 Å². The number of aliphatic hydroxyl groups excluding tert-OH is 1. The molecule has 1 fully saturated rings. The van der Waals surface area contributed by atoms with E-state index in [1.807, 2.05) is 13.8 Å². The van der Waals surface area contributed by atoms with Crippen LogP contribution in [0.2, 0.25) is 10.0 Å². The van der Waals surface area contributed by atoms with Crippen molar-refractivity contribution in [3.8, 4) is 17.2 Å².